The van der Waals surface area contributed by atoms with Gasteiger partial charge < -0.3 is 4.74 Å². The van der Waals surface area contributed by atoms with Crippen LogP contribution in [0.5, 0.6) is 5.75 Å². The second kappa shape index (κ2) is 9.63. The van der Waals surface area contributed by atoms with Crippen molar-refractivity contribution in [3.63, 3.8) is 0 Å². The topological polar surface area (TPSA) is 35.0 Å². The van der Waals surface area contributed by atoms with Gasteiger partial charge in [0.15, 0.2) is 5.75 Å². The quantitative estimate of drug-likeness (QED) is 0.562. The second-order valence-electron chi connectivity index (χ2n) is 5.43. The molecule has 0 aliphatic carbocycles. The number of hydrogen-bond donors (Lipinski definition) is 0. The molecule has 3 heteroatoms. The van der Waals surface area contributed by atoms with Crippen molar-refractivity contribution in [1.29, 1.82) is 0 Å². The number of hydrogen-bond acceptors (Lipinski definition) is 3. The summed E-state index contributed by atoms with van der Waals surface area (Å²) in [4.78, 5) is 8.36. The number of aromatic nitrogens is 2. The van der Waals surface area contributed by atoms with Crippen LogP contribution in [-0.2, 0) is 6.42 Å². The lowest BCUT2D eigenvalue weighted by Gasteiger charge is -2.01. The van der Waals surface area contributed by atoms with Crippen LogP contribution < -0.4 is 4.74 Å². The molecule has 1 aromatic carbocycles. The first-order valence-electron chi connectivity index (χ1n) is 8.37. The first-order chi connectivity index (χ1) is 11.3. The molecule has 0 N–H and O–H groups in total. The number of unbranched alkanes of at least 4 members (excludes halogenated alkanes) is 3. The molecule has 0 spiro atoms. The normalized spacial score (nSPS) is 10.0. The van der Waals surface area contributed by atoms with Gasteiger partial charge in [0.25, 0.3) is 0 Å². The van der Waals surface area contributed by atoms with Gasteiger partial charge in [0.05, 0.1) is 19.0 Å². The van der Waals surface area contributed by atoms with Crippen molar-refractivity contribution in [3.8, 4) is 17.6 Å². The summed E-state index contributed by atoms with van der Waals surface area (Å²) in [6, 6.07) is 8.46. The van der Waals surface area contributed by atoms with Gasteiger partial charge in [-0.1, -0.05) is 44.2 Å². The van der Waals surface area contributed by atoms with E-state index in [0.29, 0.717) is 18.2 Å². The molecule has 0 aliphatic rings. The van der Waals surface area contributed by atoms with E-state index in [1.807, 2.05) is 6.92 Å². The summed E-state index contributed by atoms with van der Waals surface area (Å²) in [7, 11) is 0. The Bertz CT molecular complexity index is 636. The highest BCUT2D eigenvalue weighted by molar-refractivity contribution is 5.39. The largest absolute Gasteiger partial charge is 0.491 e. The van der Waals surface area contributed by atoms with Crippen LogP contribution in [0, 0.1) is 11.8 Å². The van der Waals surface area contributed by atoms with E-state index in [1.165, 1.54) is 31.2 Å². The van der Waals surface area contributed by atoms with Gasteiger partial charge in [0, 0.05) is 5.56 Å². The summed E-state index contributed by atoms with van der Waals surface area (Å²) in [5.41, 5.74) is 2.36. The molecular formula is C20H24N2O. The Morgan fingerprint density at radius 1 is 0.913 bits per heavy atom. The molecule has 2 rings (SSSR count). The fraction of sp³-hybridized carbons (Fsp3) is 0.400. The highest BCUT2D eigenvalue weighted by Crippen LogP contribution is 2.09. The van der Waals surface area contributed by atoms with Crippen LogP contribution in [0.4, 0.5) is 0 Å². The maximum Gasteiger partial charge on any atom is 0.205 e. The van der Waals surface area contributed by atoms with Crippen LogP contribution in [0.15, 0.2) is 36.7 Å². The van der Waals surface area contributed by atoms with Crippen molar-refractivity contribution in [1.82, 2.24) is 9.97 Å². The molecular weight excluding hydrogens is 284 g/mol. The maximum absolute atomic E-state index is 5.31. The number of rotatable bonds is 7. The monoisotopic (exact) mass is 308 g/mol. The summed E-state index contributed by atoms with van der Waals surface area (Å²) in [5.74, 6) is 7.26. The Kier molecular flexibility index (Phi) is 7.13. The van der Waals surface area contributed by atoms with Gasteiger partial charge >= 0.3 is 0 Å². The Morgan fingerprint density at radius 3 is 2.30 bits per heavy atom. The minimum Gasteiger partial charge on any atom is -0.491 e. The van der Waals surface area contributed by atoms with Crippen molar-refractivity contribution >= 4 is 0 Å². The molecule has 0 atom stereocenters. The Morgan fingerprint density at radius 2 is 1.65 bits per heavy atom. The molecule has 0 saturated heterocycles. The fourth-order valence-corrected chi connectivity index (χ4v) is 2.26. The molecule has 23 heavy (non-hydrogen) atoms. The third-order valence-electron chi connectivity index (χ3n) is 3.53. The molecule has 3 nitrogen and oxygen atoms in total. The van der Waals surface area contributed by atoms with Crippen molar-refractivity contribution in [2.45, 2.75) is 46.0 Å². The number of aryl methyl sites for hydroxylation is 1. The van der Waals surface area contributed by atoms with Crippen LogP contribution in [0.1, 0.15) is 56.5 Å². The molecule has 0 amide bonds. The summed E-state index contributed by atoms with van der Waals surface area (Å²) < 4.78 is 5.31. The smallest absolute Gasteiger partial charge is 0.205 e. The van der Waals surface area contributed by atoms with Gasteiger partial charge in [-0.3, -0.25) is 0 Å². The molecule has 0 unspecified atom stereocenters. The van der Waals surface area contributed by atoms with Crippen molar-refractivity contribution < 1.29 is 4.74 Å². The van der Waals surface area contributed by atoms with E-state index < -0.39 is 0 Å². The zero-order valence-corrected chi connectivity index (χ0v) is 14.0. The predicted octanol–water partition coefficient (Wildman–Crippen LogP) is 4.40. The van der Waals surface area contributed by atoms with Gasteiger partial charge in [-0.2, -0.15) is 0 Å². The lowest BCUT2D eigenvalue weighted by Crippen LogP contribution is -1.95. The molecule has 0 aliphatic heterocycles. The van der Waals surface area contributed by atoms with E-state index in [-0.39, 0.29) is 0 Å². The SMILES string of the molecule is CCCCCCc1ccc(C#Cc2ncc(OCC)cn2)cc1. The van der Waals surface area contributed by atoms with Crippen molar-refractivity contribution in [2.75, 3.05) is 6.61 Å². The average Bonchev–Trinajstić information content (AvgIpc) is 2.59. The van der Waals surface area contributed by atoms with Crippen LogP contribution in [0.3, 0.4) is 0 Å². The fourth-order valence-electron chi connectivity index (χ4n) is 2.26. The third kappa shape index (κ3) is 6.12. The van der Waals surface area contributed by atoms with Crippen LogP contribution >= 0.6 is 0 Å². The number of benzene rings is 1. The highest BCUT2D eigenvalue weighted by atomic mass is 16.5. The minimum atomic E-state index is 0.511. The zero-order chi connectivity index (χ0) is 16.3. The van der Waals surface area contributed by atoms with Gasteiger partial charge in [-0.05, 0) is 43.4 Å². The predicted molar refractivity (Wildman–Crippen MR) is 93.5 cm³/mol. The summed E-state index contributed by atoms with van der Waals surface area (Å²) in [6.45, 7) is 4.78. The van der Waals surface area contributed by atoms with E-state index in [9.17, 15) is 0 Å². The lowest BCUT2D eigenvalue weighted by molar-refractivity contribution is 0.337. The minimum absolute atomic E-state index is 0.511. The van der Waals surface area contributed by atoms with Crippen molar-refractivity contribution in [2.24, 2.45) is 0 Å². The van der Waals surface area contributed by atoms with E-state index in [2.05, 4.69) is 53.0 Å². The molecule has 0 fully saturated rings. The lowest BCUT2D eigenvalue weighted by atomic mass is 10.0. The number of nitrogens with zero attached hydrogens (tertiary/aromatic N) is 2. The molecule has 0 radical (unpaired) electrons. The molecule has 120 valence electrons. The van der Waals surface area contributed by atoms with E-state index >= 15 is 0 Å². The van der Waals surface area contributed by atoms with E-state index in [1.54, 1.807) is 12.4 Å². The summed E-state index contributed by atoms with van der Waals surface area (Å²) >= 11 is 0. The van der Waals surface area contributed by atoms with Gasteiger partial charge in [-0.25, -0.2) is 9.97 Å². The maximum atomic E-state index is 5.31. The first-order valence-corrected chi connectivity index (χ1v) is 8.37. The Labute approximate surface area is 139 Å². The Hall–Kier alpha value is -2.34. The van der Waals surface area contributed by atoms with Gasteiger partial charge in [-0.15, -0.1) is 0 Å². The summed E-state index contributed by atoms with van der Waals surface area (Å²) in [5, 5.41) is 0. The Balaban J connectivity index is 1.90. The molecule has 0 bridgehead atoms. The van der Waals surface area contributed by atoms with Crippen LogP contribution in [-0.4, -0.2) is 16.6 Å². The first kappa shape index (κ1) is 17.0. The van der Waals surface area contributed by atoms with E-state index in [4.69, 9.17) is 4.74 Å². The number of ether oxygens (including phenoxy) is 1. The van der Waals surface area contributed by atoms with Crippen molar-refractivity contribution in [3.05, 3.63) is 53.6 Å². The summed E-state index contributed by atoms with van der Waals surface area (Å²) in [6.07, 6.45) is 9.63. The highest BCUT2D eigenvalue weighted by Gasteiger charge is 1.96. The van der Waals surface area contributed by atoms with E-state index in [0.717, 1.165) is 12.0 Å². The van der Waals surface area contributed by atoms with Crippen LogP contribution in [0.2, 0.25) is 0 Å². The molecule has 0 saturated carbocycles. The zero-order valence-electron chi connectivity index (χ0n) is 14.0. The molecule has 1 aromatic heterocycles. The van der Waals surface area contributed by atoms with Gasteiger partial charge in [0.1, 0.15) is 0 Å². The molecule has 1 heterocycles. The third-order valence-corrected chi connectivity index (χ3v) is 3.53. The van der Waals surface area contributed by atoms with Gasteiger partial charge in [0.2, 0.25) is 5.82 Å². The second-order valence-corrected chi connectivity index (χ2v) is 5.43. The standard InChI is InChI=1S/C20H24N2O/c1-3-5-6-7-8-17-9-11-18(12-10-17)13-14-20-21-15-19(16-22-20)23-4-2/h9-12,15-16H,3-8H2,1-2H3. The van der Waals surface area contributed by atoms with Crippen LogP contribution in [0.25, 0.3) is 0 Å². The average molecular weight is 308 g/mol. The molecule has 2 aromatic rings.